The largest absolute Gasteiger partial charge is 0.342 e. The number of fused-ring (bicyclic) bond motifs is 1. The molecule has 0 bridgehead atoms. The van der Waals surface area contributed by atoms with Crippen LogP contribution in [0.3, 0.4) is 0 Å². The summed E-state index contributed by atoms with van der Waals surface area (Å²) in [5.41, 5.74) is 3.78. The number of aliphatic imine (C=N–C) groups is 1. The number of rotatable bonds is 5. The predicted molar refractivity (Wildman–Crippen MR) is 134 cm³/mol. The first-order valence-corrected chi connectivity index (χ1v) is 12.8. The molecule has 4 aliphatic rings. The second kappa shape index (κ2) is 7.77. The number of nitrogens with zero attached hydrogens (tertiary/aromatic N) is 4. The monoisotopic (exact) mass is 467 g/mol. The van der Waals surface area contributed by atoms with Gasteiger partial charge in [-0.1, -0.05) is 30.3 Å². The van der Waals surface area contributed by atoms with Crippen molar-refractivity contribution in [3.63, 3.8) is 0 Å². The molecule has 35 heavy (non-hydrogen) atoms. The van der Waals surface area contributed by atoms with Crippen LogP contribution >= 0.6 is 0 Å². The number of hydrogen-bond acceptors (Lipinski definition) is 4. The fourth-order valence-electron chi connectivity index (χ4n) is 5.61. The summed E-state index contributed by atoms with van der Waals surface area (Å²) in [5, 5.41) is 8.19. The molecule has 3 heterocycles. The van der Waals surface area contributed by atoms with E-state index in [1.165, 1.54) is 0 Å². The zero-order valence-electron chi connectivity index (χ0n) is 19.7. The van der Waals surface area contributed by atoms with Crippen molar-refractivity contribution in [1.29, 1.82) is 0 Å². The number of carbonyl (C=O) groups excluding carboxylic acids is 2. The van der Waals surface area contributed by atoms with Crippen LogP contribution in [0.25, 0.3) is 22.0 Å². The Morgan fingerprint density at radius 3 is 2.40 bits per heavy atom. The van der Waals surface area contributed by atoms with Crippen LogP contribution in [-0.2, 0) is 9.59 Å². The van der Waals surface area contributed by atoms with Crippen LogP contribution in [0, 0.1) is 11.8 Å². The minimum atomic E-state index is -0.511. The standard InChI is InChI=1S/C28H29N5O2/c34-26(21-5-6-21)32-13-9-18(10-14-32)17-33-25(30-28(11-12-28)27(33)35)20-3-1-19(2-4-20)22-7-8-24-23(15-22)16-29-31-24/h1-4,7-8,15-16,18,21H,5-6,9-14,17H2,(H,29,31). The van der Waals surface area contributed by atoms with Crippen LogP contribution in [0.1, 0.15) is 44.1 Å². The van der Waals surface area contributed by atoms with Gasteiger partial charge in [0, 0.05) is 36.5 Å². The molecule has 1 aromatic heterocycles. The fourth-order valence-corrected chi connectivity index (χ4v) is 5.61. The molecule has 2 saturated carbocycles. The van der Waals surface area contributed by atoms with E-state index < -0.39 is 5.54 Å². The highest BCUT2D eigenvalue weighted by Crippen LogP contribution is 2.46. The fraction of sp³-hybridized carbons (Fsp3) is 0.429. The lowest BCUT2D eigenvalue weighted by atomic mass is 9.95. The molecule has 2 aliphatic carbocycles. The van der Waals surface area contributed by atoms with E-state index in [1.807, 2.05) is 22.1 Å². The SMILES string of the molecule is O=C(C1CC1)N1CCC(CN2C(=O)C3(CC3)N=C2c2ccc(-c3ccc4[nH]ncc4c3)cc2)CC1. The Kier molecular flexibility index (Phi) is 4.63. The van der Waals surface area contributed by atoms with Gasteiger partial charge >= 0.3 is 0 Å². The molecular formula is C28H29N5O2. The number of nitrogens with one attached hydrogen (secondary N) is 1. The number of amidine groups is 1. The van der Waals surface area contributed by atoms with Crippen molar-refractivity contribution in [2.75, 3.05) is 19.6 Å². The molecule has 7 nitrogen and oxygen atoms in total. The average molecular weight is 468 g/mol. The Morgan fingerprint density at radius 2 is 1.69 bits per heavy atom. The third-order valence-electron chi connectivity index (χ3n) is 8.15. The number of aromatic nitrogens is 2. The molecule has 2 amide bonds. The van der Waals surface area contributed by atoms with E-state index >= 15 is 0 Å². The van der Waals surface area contributed by atoms with Crippen LogP contribution in [0.15, 0.2) is 53.7 Å². The molecule has 3 aromatic rings. The van der Waals surface area contributed by atoms with Crippen molar-refractivity contribution in [2.24, 2.45) is 16.8 Å². The summed E-state index contributed by atoms with van der Waals surface area (Å²) < 4.78 is 0. The Morgan fingerprint density at radius 1 is 0.971 bits per heavy atom. The van der Waals surface area contributed by atoms with E-state index in [4.69, 9.17) is 4.99 Å². The second-order valence-corrected chi connectivity index (χ2v) is 10.7. The topological polar surface area (TPSA) is 81.7 Å². The van der Waals surface area contributed by atoms with E-state index in [1.54, 1.807) is 0 Å². The van der Waals surface area contributed by atoms with Gasteiger partial charge in [-0.25, -0.2) is 0 Å². The molecule has 1 spiro atoms. The van der Waals surface area contributed by atoms with Crippen LogP contribution in [-0.4, -0.2) is 62.8 Å². The summed E-state index contributed by atoms with van der Waals surface area (Å²) in [7, 11) is 0. The van der Waals surface area contributed by atoms with Gasteiger partial charge in [0.1, 0.15) is 11.4 Å². The van der Waals surface area contributed by atoms with Crippen molar-refractivity contribution < 1.29 is 9.59 Å². The first-order valence-electron chi connectivity index (χ1n) is 12.8. The minimum Gasteiger partial charge on any atom is -0.342 e. The maximum absolute atomic E-state index is 13.3. The summed E-state index contributed by atoms with van der Waals surface area (Å²) in [5.74, 6) is 2.01. The lowest BCUT2D eigenvalue weighted by Crippen LogP contribution is -2.45. The Bertz CT molecular complexity index is 1340. The lowest BCUT2D eigenvalue weighted by molar-refractivity contribution is -0.134. The van der Waals surface area contributed by atoms with Crippen LogP contribution < -0.4 is 0 Å². The summed E-state index contributed by atoms with van der Waals surface area (Å²) >= 11 is 0. The van der Waals surface area contributed by atoms with Crippen LogP contribution in [0.4, 0.5) is 0 Å². The van der Waals surface area contributed by atoms with Crippen molar-refractivity contribution in [3.8, 4) is 11.1 Å². The van der Waals surface area contributed by atoms with Gasteiger partial charge in [0.25, 0.3) is 5.91 Å². The van der Waals surface area contributed by atoms with Gasteiger partial charge < -0.3 is 4.90 Å². The van der Waals surface area contributed by atoms with Crippen molar-refractivity contribution in [3.05, 3.63) is 54.2 Å². The van der Waals surface area contributed by atoms with Gasteiger partial charge in [-0.05, 0) is 67.7 Å². The van der Waals surface area contributed by atoms with Gasteiger partial charge in [-0.2, -0.15) is 5.10 Å². The Labute approximate surface area is 204 Å². The summed E-state index contributed by atoms with van der Waals surface area (Å²) in [6, 6.07) is 14.7. The molecule has 0 radical (unpaired) electrons. The molecule has 0 atom stereocenters. The number of hydrogen-bond donors (Lipinski definition) is 1. The maximum Gasteiger partial charge on any atom is 0.256 e. The van der Waals surface area contributed by atoms with E-state index in [0.29, 0.717) is 18.4 Å². The number of benzene rings is 2. The summed E-state index contributed by atoms with van der Waals surface area (Å²) in [6.07, 6.45) is 7.56. The smallest absolute Gasteiger partial charge is 0.256 e. The minimum absolute atomic E-state index is 0.165. The first-order chi connectivity index (χ1) is 17.1. The third kappa shape index (κ3) is 3.65. The van der Waals surface area contributed by atoms with E-state index in [-0.39, 0.29) is 11.8 Å². The third-order valence-corrected chi connectivity index (χ3v) is 8.15. The molecular weight excluding hydrogens is 438 g/mol. The number of likely N-dealkylation sites (tertiary alicyclic amines) is 1. The Balaban J connectivity index is 1.09. The average Bonchev–Trinajstić information content (AvgIpc) is 3.82. The van der Waals surface area contributed by atoms with Gasteiger partial charge in [0.05, 0.1) is 11.7 Å². The number of aromatic amines is 1. The molecule has 7 heteroatoms. The second-order valence-electron chi connectivity index (χ2n) is 10.7. The summed E-state index contributed by atoms with van der Waals surface area (Å²) in [4.78, 5) is 34.7. The predicted octanol–water partition coefficient (Wildman–Crippen LogP) is 4.00. The molecule has 2 aromatic carbocycles. The quantitative estimate of drug-likeness (QED) is 0.616. The molecule has 1 N–H and O–H groups in total. The molecule has 2 aliphatic heterocycles. The van der Waals surface area contributed by atoms with Crippen LogP contribution in [0.2, 0.25) is 0 Å². The molecule has 7 rings (SSSR count). The molecule has 1 saturated heterocycles. The van der Waals surface area contributed by atoms with E-state index in [0.717, 1.165) is 85.0 Å². The molecule has 3 fully saturated rings. The van der Waals surface area contributed by atoms with Gasteiger partial charge in [0.15, 0.2) is 0 Å². The maximum atomic E-state index is 13.3. The van der Waals surface area contributed by atoms with Crippen molar-refractivity contribution >= 4 is 28.6 Å². The first kappa shape index (κ1) is 20.9. The molecule has 178 valence electrons. The zero-order chi connectivity index (χ0) is 23.6. The molecule has 0 unspecified atom stereocenters. The van der Waals surface area contributed by atoms with Gasteiger partial charge in [-0.15, -0.1) is 0 Å². The van der Waals surface area contributed by atoms with E-state index in [9.17, 15) is 9.59 Å². The number of amides is 2. The van der Waals surface area contributed by atoms with Gasteiger partial charge in [0.2, 0.25) is 5.91 Å². The van der Waals surface area contributed by atoms with Crippen molar-refractivity contribution in [1.82, 2.24) is 20.0 Å². The van der Waals surface area contributed by atoms with E-state index in [2.05, 4.69) is 46.6 Å². The van der Waals surface area contributed by atoms with Crippen molar-refractivity contribution in [2.45, 2.75) is 44.1 Å². The summed E-state index contributed by atoms with van der Waals surface area (Å²) in [6.45, 7) is 2.33. The lowest BCUT2D eigenvalue weighted by Gasteiger charge is -2.34. The highest BCUT2D eigenvalue weighted by molar-refractivity contribution is 6.16. The highest BCUT2D eigenvalue weighted by atomic mass is 16.2. The normalized spacial score (nSPS) is 21.7. The highest BCUT2D eigenvalue weighted by Gasteiger charge is 2.57. The van der Waals surface area contributed by atoms with Gasteiger partial charge in [-0.3, -0.25) is 24.6 Å². The van der Waals surface area contributed by atoms with Crippen LogP contribution in [0.5, 0.6) is 0 Å². The number of H-pyrrole nitrogens is 1. The zero-order valence-corrected chi connectivity index (χ0v) is 19.7. The Hall–Kier alpha value is -3.48. The number of carbonyl (C=O) groups is 2. The number of piperidine rings is 1.